The molecule has 0 aliphatic carbocycles. The normalized spacial score (nSPS) is 12.6. The maximum atomic E-state index is 12.8. The zero-order valence-corrected chi connectivity index (χ0v) is 8.96. The third-order valence-electron chi connectivity index (χ3n) is 1.67. The number of anilines is 1. The van der Waals surface area contributed by atoms with Gasteiger partial charge in [0, 0.05) is 12.2 Å². The van der Waals surface area contributed by atoms with Gasteiger partial charge in [0.15, 0.2) is 0 Å². The van der Waals surface area contributed by atoms with Gasteiger partial charge in [0.05, 0.1) is 17.2 Å². The summed E-state index contributed by atoms with van der Waals surface area (Å²) < 4.78 is 13.2. The molecule has 0 fully saturated rings. The van der Waals surface area contributed by atoms with E-state index in [1.165, 1.54) is 6.07 Å². The second-order valence-corrected chi connectivity index (χ2v) is 3.70. The van der Waals surface area contributed by atoms with Crippen LogP contribution in [0.1, 0.15) is 0 Å². The average Bonchev–Trinajstić information content (AvgIpc) is 2.19. The van der Waals surface area contributed by atoms with Crippen molar-refractivity contribution < 1.29 is 14.6 Å². The van der Waals surface area contributed by atoms with Crippen LogP contribution in [0, 0.1) is 5.82 Å². The van der Waals surface area contributed by atoms with Crippen LogP contribution in [-0.2, 0) is 0 Å². The molecular formula is C9H11BrFNO2. The Morgan fingerprint density at radius 3 is 2.79 bits per heavy atom. The number of hydrogen-bond donors (Lipinski definition) is 3. The smallest absolute Gasteiger partial charge is 0.137 e. The van der Waals surface area contributed by atoms with Gasteiger partial charge in [-0.15, -0.1) is 0 Å². The van der Waals surface area contributed by atoms with E-state index in [1.54, 1.807) is 12.1 Å². The van der Waals surface area contributed by atoms with Gasteiger partial charge >= 0.3 is 0 Å². The van der Waals surface area contributed by atoms with Gasteiger partial charge in [-0.1, -0.05) is 0 Å². The summed E-state index contributed by atoms with van der Waals surface area (Å²) in [5.41, 5.74) is 0.686. The maximum Gasteiger partial charge on any atom is 0.137 e. The monoisotopic (exact) mass is 263 g/mol. The minimum absolute atomic E-state index is 0.231. The fraction of sp³-hybridized carbons (Fsp3) is 0.333. The Kier molecular flexibility index (Phi) is 4.31. The summed E-state index contributed by atoms with van der Waals surface area (Å²) in [6.07, 6.45) is -0.807. The molecule has 0 aromatic heterocycles. The topological polar surface area (TPSA) is 52.5 Å². The fourth-order valence-corrected chi connectivity index (χ4v) is 1.29. The molecule has 0 unspecified atom stereocenters. The van der Waals surface area contributed by atoms with Gasteiger partial charge in [-0.05, 0) is 34.1 Å². The SMILES string of the molecule is OC[C@@H](O)CNc1ccc(F)c(Br)c1. The van der Waals surface area contributed by atoms with Gasteiger partial charge in [0.25, 0.3) is 0 Å². The molecule has 3 N–H and O–H groups in total. The van der Waals surface area contributed by atoms with Crippen LogP contribution in [0.25, 0.3) is 0 Å². The van der Waals surface area contributed by atoms with Crippen molar-refractivity contribution in [3.05, 3.63) is 28.5 Å². The Bertz CT molecular complexity index is 309. The highest BCUT2D eigenvalue weighted by Gasteiger charge is 2.03. The van der Waals surface area contributed by atoms with E-state index < -0.39 is 6.10 Å². The van der Waals surface area contributed by atoms with Crippen molar-refractivity contribution in [1.29, 1.82) is 0 Å². The lowest BCUT2D eigenvalue weighted by atomic mass is 10.3. The van der Waals surface area contributed by atoms with Crippen LogP contribution >= 0.6 is 15.9 Å². The van der Waals surface area contributed by atoms with E-state index >= 15 is 0 Å². The molecule has 0 spiro atoms. The Balaban J connectivity index is 2.55. The van der Waals surface area contributed by atoms with Crippen LogP contribution in [0.15, 0.2) is 22.7 Å². The first kappa shape index (κ1) is 11.4. The first-order valence-electron chi connectivity index (χ1n) is 4.11. The van der Waals surface area contributed by atoms with E-state index in [4.69, 9.17) is 10.2 Å². The van der Waals surface area contributed by atoms with Crippen molar-refractivity contribution >= 4 is 21.6 Å². The summed E-state index contributed by atoms with van der Waals surface area (Å²) in [7, 11) is 0. The predicted molar refractivity (Wildman–Crippen MR) is 55.7 cm³/mol. The Morgan fingerprint density at radius 1 is 1.50 bits per heavy atom. The van der Waals surface area contributed by atoms with E-state index in [1.807, 2.05) is 0 Å². The molecule has 0 heterocycles. The zero-order valence-electron chi connectivity index (χ0n) is 7.37. The number of hydrogen-bond acceptors (Lipinski definition) is 3. The number of aliphatic hydroxyl groups excluding tert-OH is 2. The Morgan fingerprint density at radius 2 is 2.21 bits per heavy atom. The van der Waals surface area contributed by atoms with Gasteiger partial charge in [-0.2, -0.15) is 0 Å². The van der Waals surface area contributed by atoms with Crippen molar-refractivity contribution in [2.45, 2.75) is 6.10 Å². The van der Waals surface area contributed by atoms with Gasteiger partial charge in [0.1, 0.15) is 5.82 Å². The highest BCUT2D eigenvalue weighted by atomic mass is 79.9. The van der Waals surface area contributed by atoms with Gasteiger partial charge in [-0.3, -0.25) is 0 Å². The predicted octanol–water partition coefficient (Wildman–Crippen LogP) is 1.35. The molecule has 0 aliphatic rings. The molecule has 0 radical (unpaired) electrons. The minimum atomic E-state index is -0.807. The fourth-order valence-electron chi connectivity index (χ4n) is 0.906. The van der Waals surface area contributed by atoms with E-state index in [0.29, 0.717) is 10.2 Å². The van der Waals surface area contributed by atoms with Gasteiger partial charge < -0.3 is 15.5 Å². The van der Waals surface area contributed by atoms with Gasteiger partial charge in [-0.25, -0.2) is 4.39 Å². The van der Waals surface area contributed by atoms with Crippen molar-refractivity contribution in [2.75, 3.05) is 18.5 Å². The summed E-state index contributed by atoms with van der Waals surface area (Å²) in [5, 5.41) is 20.5. The Labute approximate surface area is 89.7 Å². The van der Waals surface area contributed by atoms with Crippen LogP contribution in [0.2, 0.25) is 0 Å². The largest absolute Gasteiger partial charge is 0.394 e. The average molecular weight is 264 g/mol. The summed E-state index contributed by atoms with van der Waals surface area (Å²) in [6.45, 7) is -0.0655. The molecule has 0 aliphatic heterocycles. The third kappa shape index (κ3) is 3.25. The molecule has 14 heavy (non-hydrogen) atoms. The van der Waals surface area contributed by atoms with Crippen LogP contribution in [0.3, 0.4) is 0 Å². The van der Waals surface area contributed by atoms with Crippen molar-refractivity contribution in [2.24, 2.45) is 0 Å². The number of rotatable bonds is 4. The number of halogens is 2. The summed E-state index contributed by atoms with van der Waals surface area (Å²) in [4.78, 5) is 0. The van der Waals surface area contributed by atoms with E-state index in [9.17, 15) is 4.39 Å². The number of aliphatic hydroxyl groups is 2. The second-order valence-electron chi connectivity index (χ2n) is 2.85. The number of benzene rings is 1. The lowest BCUT2D eigenvalue weighted by molar-refractivity contribution is 0.105. The zero-order chi connectivity index (χ0) is 10.6. The molecule has 1 rings (SSSR count). The van der Waals surface area contributed by atoms with Crippen LogP contribution in [0.5, 0.6) is 0 Å². The van der Waals surface area contributed by atoms with Gasteiger partial charge in [0.2, 0.25) is 0 Å². The molecule has 0 bridgehead atoms. The Hall–Kier alpha value is -0.650. The molecule has 5 heteroatoms. The lowest BCUT2D eigenvalue weighted by Gasteiger charge is -2.10. The molecule has 1 aromatic carbocycles. The molecule has 3 nitrogen and oxygen atoms in total. The van der Waals surface area contributed by atoms with Crippen LogP contribution < -0.4 is 5.32 Å². The van der Waals surface area contributed by atoms with Crippen molar-refractivity contribution in [3.63, 3.8) is 0 Å². The highest BCUT2D eigenvalue weighted by Crippen LogP contribution is 2.19. The lowest BCUT2D eigenvalue weighted by Crippen LogP contribution is -2.22. The van der Waals surface area contributed by atoms with E-state index in [0.717, 1.165) is 0 Å². The van der Waals surface area contributed by atoms with E-state index in [2.05, 4.69) is 21.2 Å². The van der Waals surface area contributed by atoms with E-state index in [-0.39, 0.29) is 19.0 Å². The molecule has 78 valence electrons. The molecular weight excluding hydrogens is 253 g/mol. The highest BCUT2D eigenvalue weighted by molar-refractivity contribution is 9.10. The standard InChI is InChI=1S/C9H11BrFNO2/c10-8-3-6(1-2-9(8)11)12-4-7(14)5-13/h1-3,7,12-14H,4-5H2/t7-/m0/s1. The van der Waals surface area contributed by atoms with Crippen LogP contribution in [-0.4, -0.2) is 29.5 Å². The van der Waals surface area contributed by atoms with Crippen molar-refractivity contribution in [1.82, 2.24) is 0 Å². The minimum Gasteiger partial charge on any atom is -0.394 e. The summed E-state index contributed by atoms with van der Waals surface area (Å²) in [6, 6.07) is 4.45. The maximum absolute atomic E-state index is 12.8. The first-order valence-corrected chi connectivity index (χ1v) is 4.90. The van der Waals surface area contributed by atoms with Crippen molar-refractivity contribution in [3.8, 4) is 0 Å². The summed E-state index contributed by atoms with van der Waals surface area (Å²) >= 11 is 3.04. The molecule has 0 amide bonds. The quantitative estimate of drug-likeness (QED) is 0.769. The molecule has 1 atom stereocenters. The first-order chi connectivity index (χ1) is 6.63. The second kappa shape index (κ2) is 5.29. The molecule has 0 saturated heterocycles. The van der Waals surface area contributed by atoms with Crippen LogP contribution in [0.4, 0.5) is 10.1 Å². The molecule has 0 saturated carbocycles. The number of nitrogens with one attached hydrogen (secondary N) is 1. The third-order valence-corrected chi connectivity index (χ3v) is 2.28. The summed E-state index contributed by atoms with van der Waals surface area (Å²) in [5.74, 6) is -0.335. The molecule has 1 aromatic rings.